The van der Waals surface area contributed by atoms with Gasteiger partial charge in [0.05, 0.1) is 18.1 Å². The van der Waals surface area contributed by atoms with Gasteiger partial charge in [0, 0.05) is 11.8 Å². The molecule has 1 fully saturated rings. The Bertz CT molecular complexity index is 281. The second kappa shape index (κ2) is 4.50. The SMILES string of the molecule is Nc1cnc(NC2CCCSC2)nc1. The van der Waals surface area contributed by atoms with E-state index in [1.54, 1.807) is 12.4 Å². The molecule has 76 valence electrons. The summed E-state index contributed by atoms with van der Waals surface area (Å²) in [4.78, 5) is 8.23. The molecule has 0 radical (unpaired) electrons. The molecule has 3 N–H and O–H groups in total. The first kappa shape index (κ1) is 9.58. The minimum atomic E-state index is 0.511. The number of hydrogen-bond acceptors (Lipinski definition) is 5. The molecule has 2 rings (SSSR count). The van der Waals surface area contributed by atoms with E-state index in [0.717, 1.165) is 5.75 Å². The smallest absolute Gasteiger partial charge is 0.222 e. The number of nitrogens with zero attached hydrogens (tertiary/aromatic N) is 2. The number of nitrogens with two attached hydrogens (primary N) is 1. The van der Waals surface area contributed by atoms with Gasteiger partial charge >= 0.3 is 0 Å². The highest BCUT2D eigenvalue weighted by Crippen LogP contribution is 2.19. The van der Waals surface area contributed by atoms with Gasteiger partial charge in [-0.25, -0.2) is 9.97 Å². The van der Waals surface area contributed by atoms with Crippen LogP contribution in [-0.2, 0) is 0 Å². The zero-order valence-electron chi connectivity index (χ0n) is 7.94. The van der Waals surface area contributed by atoms with Gasteiger partial charge in [-0.15, -0.1) is 0 Å². The predicted octanol–water partition coefficient (Wildman–Crippen LogP) is 1.37. The summed E-state index contributed by atoms with van der Waals surface area (Å²) in [6.07, 6.45) is 5.74. The molecule has 1 atom stereocenters. The van der Waals surface area contributed by atoms with Crippen molar-refractivity contribution in [1.29, 1.82) is 0 Å². The van der Waals surface area contributed by atoms with E-state index in [0.29, 0.717) is 17.7 Å². The van der Waals surface area contributed by atoms with Crippen molar-refractivity contribution in [2.45, 2.75) is 18.9 Å². The van der Waals surface area contributed by atoms with Crippen molar-refractivity contribution in [2.24, 2.45) is 0 Å². The van der Waals surface area contributed by atoms with Crippen LogP contribution in [0.3, 0.4) is 0 Å². The Morgan fingerprint density at radius 3 is 2.86 bits per heavy atom. The van der Waals surface area contributed by atoms with E-state index >= 15 is 0 Å². The van der Waals surface area contributed by atoms with Crippen LogP contribution in [0.2, 0.25) is 0 Å². The van der Waals surface area contributed by atoms with Gasteiger partial charge in [-0.3, -0.25) is 0 Å². The maximum Gasteiger partial charge on any atom is 0.222 e. The lowest BCUT2D eigenvalue weighted by atomic mass is 10.2. The molecule has 0 bridgehead atoms. The third kappa shape index (κ3) is 2.51. The van der Waals surface area contributed by atoms with E-state index < -0.39 is 0 Å². The van der Waals surface area contributed by atoms with E-state index in [1.807, 2.05) is 11.8 Å². The summed E-state index contributed by atoms with van der Waals surface area (Å²) < 4.78 is 0. The van der Waals surface area contributed by atoms with Crippen molar-refractivity contribution in [3.8, 4) is 0 Å². The highest BCUT2D eigenvalue weighted by molar-refractivity contribution is 7.99. The highest BCUT2D eigenvalue weighted by Gasteiger charge is 2.13. The van der Waals surface area contributed by atoms with E-state index in [4.69, 9.17) is 5.73 Å². The summed E-state index contributed by atoms with van der Waals surface area (Å²) in [6, 6.07) is 0.511. The Kier molecular flexibility index (Phi) is 3.08. The average molecular weight is 210 g/mol. The number of aromatic nitrogens is 2. The van der Waals surface area contributed by atoms with Crippen molar-refractivity contribution in [1.82, 2.24) is 9.97 Å². The first-order valence-electron chi connectivity index (χ1n) is 4.76. The molecule has 2 heterocycles. The largest absolute Gasteiger partial charge is 0.396 e. The number of hydrogen-bond donors (Lipinski definition) is 2. The first-order chi connectivity index (χ1) is 6.84. The molecule has 1 saturated heterocycles. The molecule has 5 heteroatoms. The predicted molar refractivity (Wildman–Crippen MR) is 60.4 cm³/mol. The molecule has 1 aromatic rings. The molecule has 4 nitrogen and oxygen atoms in total. The fourth-order valence-corrected chi connectivity index (χ4v) is 2.52. The summed E-state index contributed by atoms with van der Waals surface area (Å²) in [6.45, 7) is 0. The van der Waals surface area contributed by atoms with Crippen LogP contribution in [0, 0.1) is 0 Å². The van der Waals surface area contributed by atoms with E-state index in [-0.39, 0.29) is 0 Å². The third-order valence-corrected chi connectivity index (χ3v) is 3.38. The Morgan fingerprint density at radius 2 is 2.21 bits per heavy atom. The van der Waals surface area contributed by atoms with Gasteiger partial charge in [0.2, 0.25) is 5.95 Å². The van der Waals surface area contributed by atoms with Gasteiger partial charge in [0.15, 0.2) is 0 Å². The standard InChI is InChI=1S/C9H14N4S/c10-7-4-11-9(12-5-7)13-8-2-1-3-14-6-8/h4-5,8H,1-3,6,10H2,(H,11,12,13). The maximum atomic E-state index is 5.50. The van der Waals surface area contributed by atoms with Crippen LogP contribution < -0.4 is 11.1 Å². The quantitative estimate of drug-likeness (QED) is 0.771. The summed E-state index contributed by atoms with van der Waals surface area (Å²) in [5.74, 6) is 3.11. The van der Waals surface area contributed by atoms with Crippen molar-refractivity contribution in [3.63, 3.8) is 0 Å². The molecule has 0 spiro atoms. The summed E-state index contributed by atoms with van der Waals surface area (Å²) in [5, 5.41) is 3.31. The van der Waals surface area contributed by atoms with Crippen LogP contribution in [0.4, 0.5) is 11.6 Å². The second-order valence-corrected chi connectivity index (χ2v) is 4.55. The zero-order valence-corrected chi connectivity index (χ0v) is 8.76. The van der Waals surface area contributed by atoms with Gasteiger partial charge in [-0.2, -0.15) is 11.8 Å². The van der Waals surface area contributed by atoms with Crippen LogP contribution in [0.25, 0.3) is 0 Å². The lowest BCUT2D eigenvalue weighted by Gasteiger charge is -2.22. The van der Waals surface area contributed by atoms with Crippen molar-refractivity contribution in [2.75, 3.05) is 22.6 Å². The number of nitrogen functional groups attached to an aromatic ring is 1. The van der Waals surface area contributed by atoms with Crippen LogP contribution in [0.5, 0.6) is 0 Å². The molecule has 1 aromatic heterocycles. The van der Waals surface area contributed by atoms with E-state index in [2.05, 4.69) is 15.3 Å². The molecule has 0 amide bonds. The first-order valence-corrected chi connectivity index (χ1v) is 5.92. The zero-order chi connectivity index (χ0) is 9.80. The summed E-state index contributed by atoms with van der Waals surface area (Å²) in [5.41, 5.74) is 6.11. The van der Waals surface area contributed by atoms with E-state index in [1.165, 1.54) is 18.6 Å². The number of rotatable bonds is 2. The monoisotopic (exact) mass is 210 g/mol. The Balaban J connectivity index is 1.92. The fourth-order valence-electron chi connectivity index (χ4n) is 1.45. The number of thioether (sulfide) groups is 1. The third-order valence-electron chi connectivity index (χ3n) is 2.17. The fraction of sp³-hybridized carbons (Fsp3) is 0.556. The summed E-state index contributed by atoms with van der Waals surface area (Å²) in [7, 11) is 0. The molecular formula is C9H14N4S. The molecule has 0 saturated carbocycles. The van der Waals surface area contributed by atoms with Crippen LogP contribution in [0.1, 0.15) is 12.8 Å². The molecule has 0 aliphatic carbocycles. The molecule has 1 aliphatic heterocycles. The minimum absolute atomic E-state index is 0.511. The molecule has 1 aliphatic rings. The van der Waals surface area contributed by atoms with Crippen LogP contribution in [0.15, 0.2) is 12.4 Å². The maximum absolute atomic E-state index is 5.50. The lowest BCUT2D eigenvalue weighted by Crippen LogP contribution is -2.26. The molecular weight excluding hydrogens is 196 g/mol. The highest BCUT2D eigenvalue weighted by atomic mass is 32.2. The minimum Gasteiger partial charge on any atom is -0.396 e. The van der Waals surface area contributed by atoms with Crippen LogP contribution in [-0.4, -0.2) is 27.5 Å². The molecule has 0 aromatic carbocycles. The Labute approximate surface area is 87.7 Å². The van der Waals surface area contributed by atoms with Gasteiger partial charge in [0.1, 0.15) is 0 Å². The van der Waals surface area contributed by atoms with Gasteiger partial charge in [-0.05, 0) is 18.6 Å². The second-order valence-electron chi connectivity index (χ2n) is 3.40. The van der Waals surface area contributed by atoms with Crippen molar-refractivity contribution >= 4 is 23.4 Å². The lowest BCUT2D eigenvalue weighted by molar-refractivity contribution is 0.679. The molecule has 14 heavy (non-hydrogen) atoms. The van der Waals surface area contributed by atoms with Crippen molar-refractivity contribution < 1.29 is 0 Å². The summed E-state index contributed by atoms with van der Waals surface area (Å²) >= 11 is 1.98. The van der Waals surface area contributed by atoms with Gasteiger partial charge < -0.3 is 11.1 Å². The number of nitrogens with one attached hydrogen (secondary N) is 1. The normalized spacial score (nSPS) is 21.9. The van der Waals surface area contributed by atoms with Gasteiger partial charge in [0.25, 0.3) is 0 Å². The van der Waals surface area contributed by atoms with E-state index in [9.17, 15) is 0 Å². The average Bonchev–Trinajstić information content (AvgIpc) is 2.23. The van der Waals surface area contributed by atoms with Crippen LogP contribution >= 0.6 is 11.8 Å². The van der Waals surface area contributed by atoms with Crippen molar-refractivity contribution in [3.05, 3.63) is 12.4 Å². The Morgan fingerprint density at radius 1 is 1.43 bits per heavy atom. The Hall–Kier alpha value is -0.970. The topological polar surface area (TPSA) is 63.8 Å². The molecule has 1 unspecified atom stereocenters. The van der Waals surface area contributed by atoms with Gasteiger partial charge in [-0.1, -0.05) is 0 Å². The number of anilines is 2.